The Morgan fingerprint density at radius 1 is 1.77 bits per heavy atom. The van der Waals surface area contributed by atoms with E-state index in [2.05, 4.69) is 15.3 Å². The van der Waals surface area contributed by atoms with Crippen LogP contribution in [0.25, 0.3) is 0 Å². The summed E-state index contributed by atoms with van der Waals surface area (Å²) in [5.74, 6) is 0. The Kier molecular flexibility index (Phi) is 2.61. The predicted octanol–water partition coefficient (Wildman–Crippen LogP) is 0.597. The predicted molar refractivity (Wildman–Crippen MR) is 49.4 cm³/mol. The zero-order chi connectivity index (χ0) is 9.10. The molecule has 1 aliphatic heterocycles. The van der Waals surface area contributed by atoms with Crippen molar-refractivity contribution in [3.8, 4) is 0 Å². The summed E-state index contributed by atoms with van der Waals surface area (Å²) in [6.45, 7) is 4.60. The highest BCUT2D eigenvalue weighted by molar-refractivity contribution is 5.08. The lowest BCUT2D eigenvalue weighted by Gasteiger charge is -2.08. The first-order valence-electron chi connectivity index (χ1n) is 4.66. The van der Waals surface area contributed by atoms with Crippen molar-refractivity contribution < 1.29 is 4.74 Å². The molecule has 0 saturated carbocycles. The van der Waals surface area contributed by atoms with Crippen LogP contribution in [0.5, 0.6) is 0 Å². The van der Waals surface area contributed by atoms with Crippen molar-refractivity contribution in [1.82, 2.24) is 15.3 Å². The number of ether oxygens (including phenoxy) is 1. The highest BCUT2D eigenvalue weighted by Crippen LogP contribution is 2.05. The van der Waals surface area contributed by atoms with Gasteiger partial charge in [0.25, 0.3) is 0 Å². The number of aromatic amines is 1. The first-order chi connectivity index (χ1) is 6.36. The van der Waals surface area contributed by atoms with Gasteiger partial charge in [-0.1, -0.05) is 0 Å². The molecule has 0 spiro atoms. The molecule has 72 valence electrons. The largest absolute Gasteiger partial charge is 0.380 e. The van der Waals surface area contributed by atoms with Crippen molar-refractivity contribution in [3.05, 3.63) is 17.7 Å². The minimum Gasteiger partial charge on any atom is -0.380 e. The number of nitrogens with zero attached hydrogens (tertiary/aromatic N) is 1. The maximum absolute atomic E-state index is 5.27. The van der Waals surface area contributed by atoms with Crippen LogP contribution in [0.1, 0.15) is 17.8 Å². The van der Waals surface area contributed by atoms with Crippen molar-refractivity contribution >= 4 is 0 Å². The third kappa shape index (κ3) is 2.08. The van der Waals surface area contributed by atoms with Crippen LogP contribution in [0.15, 0.2) is 6.33 Å². The Balaban J connectivity index is 1.82. The van der Waals surface area contributed by atoms with Gasteiger partial charge in [0.2, 0.25) is 0 Å². The zero-order valence-electron chi connectivity index (χ0n) is 7.84. The van der Waals surface area contributed by atoms with Gasteiger partial charge in [-0.3, -0.25) is 0 Å². The molecule has 4 nitrogen and oxygen atoms in total. The van der Waals surface area contributed by atoms with Gasteiger partial charge in [-0.05, 0) is 13.3 Å². The third-order valence-electron chi connectivity index (χ3n) is 2.42. The van der Waals surface area contributed by atoms with Crippen LogP contribution in [0.4, 0.5) is 0 Å². The molecule has 0 bridgehead atoms. The molecule has 0 aliphatic carbocycles. The van der Waals surface area contributed by atoms with Crippen LogP contribution >= 0.6 is 0 Å². The van der Waals surface area contributed by atoms with Gasteiger partial charge in [-0.2, -0.15) is 0 Å². The smallest absolute Gasteiger partial charge is 0.0925 e. The van der Waals surface area contributed by atoms with Crippen molar-refractivity contribution in [3.63, 3.8) is 0 Å². The molecule has 1 aliphatic rings. The molecule has 2 N–H and O–H groups in total. The standard InChI is InChI=1S/C9H15N3O/c1-7-9(12-6-11-7)4-10-8-2-3-13-5-8/h6,8,10H,2-5H2,1H3,(H,11,12). The maximum atomic E-state index is 5.27. The molecule has 1 fully saturated rings. The Morgan fingerprint density at radius 2 is 2.69 bits per heavy atom. The van der Waals surface area contributed by atoms with Gasteiger partial charge in [-0.15, -0.1) is 0 Å². The van der Waals surface area contributed by atoms with Gasteiger partial charge in [-0.25, -0.2) is 4.98 Å². The fourth-order valence-corrected chi connectivity index (χ4v) is 1.50. The number of rotatable bonds is 3. The normalized spacial score (nSPS) is 22.4. The van der Waals surface area contributed by atoms with Crippen LogP contribution in [0.3, 0.4) is 0 Å². The lowest BCUT2D eigenvalue weighted by Crippen LogP contribution is -2.28. The van der Waals surface area contributed by atoms with Crippen LogP contribution < -0.4 is 5.32 Å². The van der Waals surface area contributed by atoms with E-state index in [1.54, 1.807) is 6.33 Å². The molecule has 4 heteroatoms. The maximum Gasteiger partial charge on any atom is 0.0925 e. The van der Waals surface area contributed by atoms with E-state index in [4.69, 9.17) is 4.74 Å². The van der Waals surface area contributed by atoms with Crippen molar-refractivity contribution in [2.24, 2.45) is 0 Å². The van der Waals surface area contributed by atoms with E-state index in [1.165, 1.54) is 0 Å². The third-order valence-corrected chi connectivity index (χ3v) is 2.42. The van der Waals surface area contributed by atoms with Crippen LogP contribution in [-0.2, 0) is 11.3 Å². The SMILES string of the molecule is Cc1[nH]cnc1CNC1CCOC1. The number of imidazole rings is 1. The van der Waals surface area contributed by atoms with Crippen molar-refractivity contribution in [2.75, 3.05) is 13.2 Å². The molecule has 1 unspecified atom stereocenters. The quantitative estimate of drug-likeness (QED) is 0.717. The van der Waals surface area contributed by atoms with E-state index in [0.717, 1.165) is 37.6 Å². The second-order valence-corrected chi connectivity index (χ2v) is 3.42. The molecule has 1 saturated heterocycles. The van der Waals surface area contributed by atoms with Gasteiger partial charge in [0, 0.05) is 24.9 Å². The molecule has 1 atom stereocenters. The summed E-state index contributed by atoms with van der Waals surface area (Å²) in [5, 5.41) is 3.42. The topological polar surface area (TPSA) is 49.9 Å². The second kappa shape index (κ2) is 3.89. The van der Waals surface area contributed by atoms with E-state index in [0.29, 0.717) is 6.04 Å². The van der Waals surface area contributed by atoms with E-state index < -0.39 is 0 Å². The molecule has 1 aromatic heterocycles. The first-order valence-corrected chi connectivity index (χ1v) is 4.66. The molecule has 2 rings (SSSR count). The summed E-state index contributed by atoms with van der Waals surface area (Å²) in [7, 11) is 0. The molecule has 0 aromatic carbocycles. The van der Waals surface area contributed by atoms with Gasteiger partial charge in [0.05, 0.1) is 18.6 Å². The van der Waals surface area contributed by atoms with Gasteiger partial charge < -0.3 is 15.0 Å². The first kappa shape index (κ1) is 8.72. The minimum absolute atomic E-state index is 0.510. The summed E-state index contributed by atoms with van der Waals surface area (Å²) in [5.41, 5.74) is 2.25. The number of aryl methyl sites for hydroxylation is 1. The molecule has 0 radical (unpaired) electrons. The van der Waals surface area contributed by atoms with Gasteiger partial charge in [0.15, 0.2) is 0 Å². The Bertz CT molecular complexity index is 266. The number of nitrogens with one attached hydrogen (secondary N) is 2. The van der Waals surface area contributed by atoms with Crippen molar-refractivity contribution in [2.45, 2.75) is 25.9 Å². The van der Waals surface area contributed by atoms with E-state index in [1.807, 2.05) is 6.92 Å². The fourth-order valence-electron chi connectivity index (χ4n) is 1.50. The highest BCUT2D eigenvalue weighted by Gasteiger charge is 2.14. The average molecular weight is 181 g/mol. The number of aromatic nitrogens is 2. The molecular weight excluding hydrogens is 166 g/mol. The fraction of sp³-hybridized carbons (Fsp3) is 0.667. The van der Waals surface area contributed by atoms with Crippen LogP contribution in [-0.4, -0.2) is 29.2 Å². The van der Waals surface area contributed by atoms with Crippen LogP contribution in [0, 0.1) is 6.92 Å². The summed E-state index contributed by atoms with van der Waals surface area (Å²) in [4.78, 5) is 7.28. The monoisotopic (exact) mass is 181 g/mol. The summed E-state index contributed by atoms with van der Waals surface area (Å²) in [6.07, 6.45) is 2.85. The summed E-state index contributed by atoms with van der Waals surface area (Å²) < 4.78 is 5.27. The van der Waals surface area contributed by atoms with Crippen molar-refractivity contribution in [1.29, 1.82) is 0 Å². The molecule has 1 aromatic rings. The number of hydrogen-bond acceptors (Lipinski definition) is 3. The lowest BCUT2D eigenvalue weighted by atomic mass is 10.2. The second-order valence-electron chi connectivity index (χ2n) is 3.42. The van der Waals surface area contributed by atoms with Gasteiger partial charge in [0.1, 0.15) is 0 Å². The van der Waals surface area contributed by atoms with E-state index >= 15 is 0 Å². The molecule has 13 heavy (non-hydrogen) atoms. The minimum atomic E-state index is 0.510. The van der Waals surface area contributed by atoms with E-state index in [9.17, 15) is 0 Å². The summed E-state index contributed by atoms with van der Waals surface area (Å²) >= 11 is 0. The molecule has 0 amide bonds. The number of H-pyrrole nitrogens is 1. The Labute approximate surface area is 77.7 Å². The Morgan fingerprint density at radius 3 is 3.31 bits per heavy atom. The van der Waals surface area contributed by atoms with E-state index in [-0.39, 0.29) is 0 Å². The lowest BCUT2D eigenvalue weighted by molar-refractivity contribution is 0.189. The highest BCUT2D eigenvalue weighted by atomic mass is 16.5. The average Bonchev–Trinajstić information content (AvgIpc) is 2.72. The molecular formula is C9H15N3O. The summed E-state index contributed by atoms with van der Waals surface area (Å²) in [6, 6.07) is 0.510. The number of hydrogen-bond donors (Lipinski definition) is 2. The Hall–Kier alpha value is -0.870. The zero-order valence-corrected chi connectivity index (χ0v) is 7.84. The van der Waals surface area contributed by atoms with Gasteiger partial charge >= 0.3 is 0 Å². The van der Waals surface area contributed by atoms with Crippen LogP contribution in [0.2, 0.25) is 0 Å². The molecule has 2 heterocycles.